The van der Waals surface area contributed by atoms with Gasteiger partial charge >= 0.3 is 0 Å². The average molecular weight is 163 g/mol. The third kappa shape index (κ3) is 1.56. The van der Waals surface area contributed by atoms with Crippen LogP contribution in [0.5, 0.6) is 5.75 Å². The first kappa shape index (κ1) is 8.59. The van der Waals surface area contributed by atoms with Gasteiger partial charge in [-0.15, -0.1) is 0 Å². The number of ether oxygens (including phenoxy) is 1. The van der Waals surface area contributed by atoms with E-state index in [1.165, 1.54) is 7.11 Å². The normalized spacial score (nSPS) is 9.17. The molecule has 3 nitrogen and oxygen atoms in total. The molecule has 12 heavy (non-hydrogen) atoms. The van der Waals surface area contributed by atoms with Gasteiger partial charge in [-0.1, -0.05) is 12.1 Å². The molecule has 0 aromatic heterocycles. The molecule has 0 saturated heterocycles. The summed E-state index contributed by atoms with van der Waals surface area (Å²) in [6.07, 6.45) is 0. The van der Waals surface area contributed by atoms with Gasteiger partial charge in [0.05, 0.1) is 19.7 Å². The minimum absolute atomic E-state index is 0.354. The van der Waals surface area contributed by atoms with E-state index in [1.54, 1.807) is 24.3 Å². The molecule has 0 aliphatic carbocycles. The number of amides is 1. The number of para-hydroxylation sites is 1. The number of rotatable bonds is 2. The van der Waals surface area contributed by atoms with Crippen molar-refractivity contribution in [1.82, 2.24) is 5.32 Å². The Morgan fingerprint density at radius 3 is 2.75 bits per heavy atom. The second kappa shape index (κ2) is 3.76. The van der Waals surface area contributed by atoms with Crippen LogP contribution in [-0.4, -0.2) is 13.0 Å². The molecule has 1 aromatic carbocycles. The van der Waals surface area contributed by atoms with Gasteiger partial charge in [0.25, 0.3) is 5.91 Å². The molecule has 0 aliphatic heterocycles. The molecule has 3 heteroatoms. The first-order valence-electron chi connectivity index (χ1n) is 3.43. The molecule has 1 amide bonds. The van der Waals surface area contributed by atoms with Crippen molar-refractivity contribution >= 4 is 5.91 Å². The number of carbonyl (C=O) groups is 1. The van der Waals surface area contributed by atoms with Crippen molar-refractivity contribution in [3.63, 3.8) is 0 Å². The van der Waals surface area contributed by atoms with E-state index >= 15 is 0 Å². The molecule has 2 radical (unpaired) electrons. The Kier molecular flexibility index (Phi) is 2.69. The molecule has 0 fully saturated rings. The number of hydrogen-bond acceptors (Lipinski definition) is 2. The van der Waals surface area contributed by atoms with Crippen molar-refractivity contribution in [2.24, 2.45) is 0 Å². The predicted octanol–water partition coefficient (Wildman–Crippen LogP) is 1.09. The van der Waals surface area contributed by atoms with Gasteiger partial charge in [-0.2, -0.15) is 0 Å². The minimum Gasteiger partial charge on any atom is -0.496 e. The monoisotopic (exact) mass is 163 g/mol. The van der Waals surface area contributed by atoms with Crippen LogP contribution in [-0.2, 0) is 0 Å². The lowest BCUT2D eigenvalue weighted by molar-refractivity contribution is 0.0966. The van der Waals surface area contributed by atoms with Crippen LogP contribution in [0.15, 0.2) is 24.3 Å². The van der Waals surface area contributed by atoms with Gasteiger partial charge in [-0.3, -0.25) is 4.79 Å². The maximum atomic E-state index is 11.1. The number of nitrogens with one attached hydrogen (secondary N) is 1. The Morgan fingerprint density at radius 2 is 2.17 bits per heavy atom. The fraction of sp³-hybridized carbons (Fsp3) is 0.111. The molecular weight excluding hydrogens is 154 g/mol. The third-order valence-electron chi connectivity index (χ3n) is 1.48. The molecular formula is C9H9NO2. The first-order valence-corrected chi connectivity index (χ1v) is 3.43. The number of carbonyl (C=O) groups excluding carboxylic acids is 1. The Bertz CT molecular complexity index is 284. The van der Waals surface area contributed by atoms with Crippen LogP contribution >= 0.6 is 0 Å². The molecule has 1 rings (SSSR count). The van der Waals surface area contributed by atoms with E-state index in [-0.39, 0.29) is 5.91 Å². The summed E-state index contributed by atoms with van der Waals surface area (Å²) >= 11 is 0. The number of hydrogen-bond donors (Lipinski definition) is 1. The summed E-state index contributed by atoms with van der Waals surface area (Å²) in [5.74, 6) is 0.160. The van der Waals surface area contributed by atoms with Gasteiger partial charge in [0.15, 0.2) is 0 Å². The molecule has 0 saturated carbocycles. The van der Waals surface area contributed by atoms with E-state index in [0.29, 0.717) is 11.3 Å². The number of methoxy groups -OCH3 is 1. The van der Waals surface area contributed by atoms with Crippen molar-refractivity contribution in [1.29, 1.82) is 0 Å². The van der Waals surface area contributed by atoms with Crippen LogP contribution in [0.4, 0.5) is 0 Å². The average Bonchev–Trinajstić information content (AvgIpc) is 2.16. The lowest BCUT2D eigenvalue weighted by atomic mass is 10.2. The lowest BCUT2D eigenvalue weighted by Crippen LogP contribution is -2.16. The molecule has 62 valence electrons. The standard InChI is InChI=1S/C9H9NO2/c1-10-9(11)7-5-3-4-6-8(7)12-2/h1,3-6H,2H3,(H,10,11). The van der Waals surface area contributed by atoms with Crippen LogP contribution in [0.2, 0.25) is 0 Å². The van der Waals surface area contributed by atoms with Crippen molar-refractivity contribution in [3.8, 4) is 5.75 Å². The van der Waals surface area contributed by atoms with Crippen molar-refractivity contribution in [3.05, 3.63) is 36.9 Å². The van der Waals surface area contributed by atoms with E-state index in [4.69, 9.17) is 11.8 Å². The zero-order chi connectivity index (χ0) is 8.97. The van der Waals surface area contributed by atoms with E-state index < -0.39 is 0 Å². The second-order valence-electron chi connectivity index (χ2n) is 2.17. The minimum atomic E-state index is -0.354. The topological polar surface area (TPSA) is 38.3 Å². The zero-order valence-electron chi connectivity index (χ0n) is 6.70. The lowest BCUT2D eigenvalue weighted by Gasteiger charge is -2.05. The van der Waals surface area contributed by atoms with E-state index in [9.17, 15) is 4.79 Å². The Balaban J connectivity index is 3.04. The Hall–Kier alpha value is -1.51. The summed E-state index contributed by atoms with van der Waals surface area (Å²) in [4.78, 5) is 11.1. The van der Waals surface area contributed by atoms with Crippen LogP contribution in [0.1, 0.15) is 10.4 Å². The summed E-state index contributed by atoms with van der Waals surface area (Å²) in [7, 11) is 6.48. The van der Waals surface area contributed by atoms with Crippen LogP contribution < -0.4 is 10.1 Å². The summed E-state index contributed by atoms with van der Waals surface area (Å²) < 4.78 is 4.95. The van der Waals surface area contributed by atoms with Gasteiger partial charge < -0.3 is 10.1 Å². The SMILES string of the molecule is [CH]NC(=O)c1ccccc1OC. The largest absolute Gasteiger partial charge is 0.496 e. The molecule has 1 aromatic rings. The maximum absolute atomic E-state index is 11.1. The summed E-state index contributed by atoms with van der Waals surface area (Å²) in [6, 6.07) is 6.87. The van der Waals surface area contributed by atoms with E-state index in [1.807, 2.05) is 5.32 Å². The summed E-state index contributed by atoms with van der Waals surface area (Å²) in [5.41, 5.74) is 0.433. The van der Waals surface area contributed by atoms with Gasteiger partial charge in [-0.05, 0) is 12.1 Å². The molecule has 0 heterocycles. The molecule has 0 bridgehead atoms. The van der Waals surface area contributed by atoms with Crippen LogP contribution in [0.3, 0.4) is 0 Å². The van der Waals surface area contributed by atoms with Crippen molar-refractivity contribution in [2.75, 3.05) is 7.11 Å². The highest BCUT2D eigenvalue weighted by Gasteiger charge is 2.08. The van der Waals surface area contributed by atoms with E-state index in [2.05, 4.69) is 0 Å². The van der Waals surface area contributed by atoms with Crippen molar-refractivity contribution in [2.45, 2.75) is 0 Å². The molecule has 1 N–H and O–H groups in total. The van der Waals surface area contributed by atoms with Gasteiger partial charge in [-0.25, -0.2) is 0 Å². The van der Waals surface area contributed by atoms with Gasteiger partial charge in [0, 0.05) is 0 Å². The van der Waals surface area contributed by atoms with E-state index in [0.717, 1.165) is 0 Å². The number of benzene rings is 1. The van der Waals surface area contributed by atoms with Gasteiger partial charge in [0.2, 0.25) is 0 Å². The fourth-order valence-electron chi connectivity index (χ4n) is 0.910. The quantitative estimate of drug-likeness (QED) is 0.663. The highest BCUT2D eigenvalue weighted by Crippen LogP contribution is 2.16. The highest BCUT2D eigenvalue weighted by atomic mass is 16.5. The molecule has 0 unspecified atom stereocenters. The predicted molar refractivity (Wildman–Crippen MR) is 44.8 cm³/mol. The molecule has 0 atom stereocenters. The molecule has 0 aliphatic rings. The molecule has 0 spiro atoms. The van der Waals surface area contributed by atoms with Crippen LogP contribution in [0.25, 0.3) is 0 Å². The second-order valence-corrected chi connectivity index (χ2v) is 2.17. The highest BCUT2D eigenvalue weighted by molar-refractivity contribution is 5.96. The third-order valence-corrected chi connectivity index (χ3v) is 1.48. The zero-order valence-corrected chi connectivity index (χ0v) is 6.70. The first-order chi connectivity index (χ1) is 5.79. The van der Waals surface area contributed by atoms with Crippen molar-refractivity contribution < 1.29 is 9.53 Å². The van der Waals surface area contributed by atoms with Crippen LogP contribution in [0, 0.1) is 7.05 Å². The summed E-state index contributed by atoms with van der Waals surface area (Å²) in [5, 5.41) is 2.04. The maximum Gasteiger partial charge on any atom is 0.255 e. The smallest absolute Gasteiger partial charge is 0.255 e. The Morgan fingerprint density at radius 1 is 1.50 bits per heavy atom. The summed E-state index contributed by atoms with van der Waals surface area (Å²) in [6.45, 7) is 0. The Labute approximate surface area is 71.4 Å². The fourth-order valence-corrected chi connectivity index (χ4v) is 0.910. The van der Waals surface area contributed by atoms with Gasteiger partial charge in [0.1, 0.15) is 5.75 Å².